The molecule has 38 heavy (non-hydrogen) atoms. The van der Waals surface area contributed by atoms with Crippen LogP contribution in [0.15, 0.2) is 55.2 Å². The molecular formula is C27H30N4O6S. The largest absolute Gasteiger partial charge is 0.340 e. The predicted molar refractivity (Wildman–Crippen MR) is 140 cm³/mol. The lowest BCUT2D eigenvalue weighted by atomic mass is 10.0. The first-order valence-corrected chi connectivity index (χ1v) is 13.8. The van der Waals surface area contributed by atoms with Gasteiger partial charge in [-0.15, -0.1) is 0 Å². The molecule has 200 valence electrons. The normalized spacial score (nSPS) is 20.3. The first-order valence-electron chi connectivity index (χ1n) is 12.4. The van der Waals surface area contributed by atoms with Crippen molar-refractivity contribution in [2.45, 2.75) is 44.8 Å². The van der Waals surface area contributed by atoms with Gasteiger partial charge >= 0.3 is 5.12 Å². The van der Waals surface area contributed by atoms with Gasteiger partial charge in [0.25, 0.3) is 15.9 Å². The van der Waals surface area contributed by atoms with Crippen LogP contribution in [0.2, 0.25) is 0 Å². The fourth-order valence-electron chi connectivity index (χ4n) is 4.97. The van der Waals surface area contributed by atoms with E-state index in [2.05, 4.69) is 16.9 Å². The minimum absolute atomic E-state index is 0.0536. The van der Waals surface area contributed by atoms with Crippen LogP contribution in [0.5, 0.6) is 0 Å². The highest BCUT2D eigenvalue weighted by Gasteiger charge is 2.55. The molecule has 1 N–H and O–H groups in total. The van der Waals surface area contributed by atoms with Crippen LogP contribution in [0.3, 0.4) is 0 Å². The van der Waals surface area contributed by atoms with E-state index in [-0.39, 0.29) is 24.6 Å². The lowest BCUT2D eigenvalue weighted by Crippen LogP contribution is -2.53. The van der Waals surface area contributed by atoms with Crippen molar-refractivity contribution in [1.82, 2.24) is 19.5 Å². The van der Waals surface area contributed by atoms with Gasteiger partial charge in [-0.3, -0.25) is 24.2 Å². The van der Waals surface area contributed by atoms with Crippen LogP contribution in [0, 0.1) is 5.92 Å². The minimum atomic E-state index is -4.53. The van der Waals surface area contributed by atoms with Crippen LogP contribution in [0.25, 0.3) is 6.08 Å². The van der Waals surface area contributed by atoms with E-state index in [0.717, 1.165) is 9.87 Å². The Bertz CT molecular complexity index is 1360. The maximum Gasteiger partial charge on any atom is 0.310 e. The summed E-state index contributed by atoms with van der Waals surface area (Å²) in [5, 5.41) is 1.60. The summed E-state index contributed by atoms with van der Waals surface area (Å²) in [7, 11) is -4.53. The highest BCUT2D eigenvalue weighted by Crippen LogP contribution is 2.33. The van der Waals surface area contributed by atoms with Crippen LogP contribution >= 0.6 is 0 Å². The Kier molecular flexibility index (Phi) is 7.89. The Hall–Kier alpha value is -3.70. The van der Waals surface area contributed by atoms with Gasteiger partial charge in [-0.2, -0.15) is 4.31 Å². The van der Waals surface area contributed by atoms with Crippen molar-refractivity contribution in [3.63, 3.8) is 0 Å². The Morgan fingerprint density at radius 2 is 1.87 bits per heavy atom. The number of hydrogen-bond acceptors (Lipinski definition) is 7. The summed E-state index contributed by atoms with van der Waals surface area (Å²) in [6.45, 7) is 7.14. The summed E-state index contributed by atoms with van der Waals surface area (Å²) in [5.41, 5.74) is 0.981. The third-order valence-corrected chi connectivity index (χ3v) is 8.49. The van der Waals surface area contributed by atoms with Crippen LogP contribution in [-0.2, 0) is 19.6 Å². The molecule has 0 saturated carbocycles. The lowest BCUT2D eigenvalue weighted by Gasteiger charge is -2.29. The number of aromatic nitrogens is 1. The SMILES string of the molecule is C=Cc1ccc(C(=O)NC(CC(C)C)C(=O)N2CCC3C2C(=O)CN3S(=O)(=O)C(=O)c2ccccn2)cc1. The summed E-state index contributed by atoms with van der Waals surface area (Å²) in [6.07, 6.45) is 3.50. The molecule has 10 nitrogen and oxygen atoms in total. The molecule has 11 heteroatoms. The van der Waals surface area contributed by atoms with Gasteiger partial charge in [0.2, 0.25) is 5.91 Å². The number of carbonyl (C=O) groups excluding carboxylic acids is 4. The molecule has 4 rings (SSSR count). The Morgan fingerprint density at radius 3 is 2.47 bits per heavy atom. The topological polar surface area (TPSA) is 134 Å². The molecule has 3 unspecified atom stereocenters. The average Bonchev–Trinajstić information content (AvgIpc) is 3.49. The predicted octanol–water partition coefficient (Wildman–Crippen LogP) is 1.89. The highest BCUT2D eigenvalue weighted by molar-refractivity contribution is 8.04. The molecular weight excluding hydrogens is 508 g/mol. The van der Waals surface area contributed by atoms with Gasteiger partial charge in [-0.25, -0.2) is 8.42 Å². The molecule has 2 amide bonds. The molecule has 2 fully saturated rings. The van der Waals surface area contributed by atoms with Crippen molar-refractivity contribution in [1.29, 1.82) is 0 Å². The number of amides is 2. The van der Waals surface area contributed by atoms with Gasteiger partial charge < -0.3 is 10.2 Å². The van der Waals surface area contributed by atoms with Crippen molar-refractivity contribution >= 4 is 38.8 Å². The van der Waals surface area contributed by atoms with E-state index in [4.69, 9.17) is 0 Å². The molecule has 2 aromatic rings. The van der Waals surface area contributed by atoms with Crippen LogP contribution in [0.1, 0.15) is 53.1 Å². The van der Waals surface area contributed by atoms with Gasteiger partial charge in [0, 0.05) is 18.3 Å². The van der Waals surface area contributed by atoms with Crippen LogP contribution < -0.4 is 5.32 Å². The second-order valence-corrected chi connectivity index (χ2v) is 11.6. The van der Waals surface area contributed by atoms with E-state index in [1.807, 2.05) is 13.8 Å². The lowest BCUT2D eigenvalue weighted by molar-refractivity contribution is -0.138. The van der Waals surface area contributed by atoms with E-state index in [0.29, 0.717) is 12.0 Å². The number of carbonyl (C=O) groups is 4. The number of fused-ring (bicyclic) bond motifs is 1. The van der Waals surface area contributed by atoms with Crippen molar-refractivity contribution in [2.75, 3.05) is 13.1 Å². The molecule has 0 spiro atoms. The number of Topliss-reactive ketones (excluding diaryl/α,β-unsaturated/α-hetero) is 1. The number of hydrogen-bond donors (Lipinski definition) is 1. The zero-order valence-electron chi connectivity index (χ0n) is 21.2. The fraction of sp³-hybridized carbons (Fsp3) is 0.370. The number of pyridine rings is 1. The number of nitrogens with zero attached hydrogens (tertiary/aromatic N) is 3. The van der Waals surface area contributed by atoms with Gasteiger partial charge in [-0.1, -0.05) is 44.7 Å². The molecule has 1 aromatic carbocycles. The second kappa shape index (κ2) is 11.0. The third-order valence-electron chi connectivity index (χ3n) is 6.80. The van der Waals surface area contributed by atoms with Crippen LogP contribution in [-0.4, -0.2) is 76.5 Å². The van der Waals surface area contributed by atoms with E-state index in [1.54, 1.807) is 36.4 Å². The number of likely N-dealkylation sites (tertiary alicyclic amines) is 1. The summed E-state index contributed by atoms with van der Waals surface area (Å²) in [5.74, 6) is -1.30. The molecule has 0 aliphatic carbocycles. The number of rotatable bonds is 8. The maximum atomic E-state index is 13.6. The van der Waals surface area contributed by atoms with Crippen LogP contribution in [0.4, 0.5) is 0 Å². The summed E-state index contributed by atoms with van der Waals surface area (Å²) in [4.78, 5) is 57.5. The highest BCUT2D eigenvalue weighted by atomic mass is 32.2. The molecule has 2 saturated heterocycles. The Balaban J connectivity index is 1.53. The molecule has 0 bridgehead atoms. The number of nitrogens with one attached hydrogen (secondary N) is 1. The molecule has 2 aliphatic rings. The van der Waals surface area contributed by atoms with Gasteiger partial charge in [-0.05, 0) is 48.6 Å². The van der Waals surface area contributed by atoms with Crippen molar-refractivity contribution in [3.8, 4) is 0 Å². The zero-order chi connectivity index (χ0) is 27.6. The van der Waals surface area contributed by atoms with E-state index in [1.165, 1.54) is 23.2 Å². The number of ketones is 1. The van der Waals surface area contributed by atoms with E-state index in [9.17, 15) is 27.6 Å². The molecule has 3 atom stereocenters. The van der Waals surface area contributed by atoms with Gasteiger partial charge in [0.15, 0.2) is 5.78 Å². The standard InChI is InChI=1S/C27H30N4O6S/c1-4-18-8-10-19(11-9-18)25(33)29-21(15-17(2)3)26(34)30-14-12-22-24(30)23(32)16-31(22)38(36,37)27(35)20-7-5-6-13-28-20/h4-11,13,17,21-22,24H,1,12,14-16H2,2-3H3,(H,29,33). The fourth-order valence-corrected chi connectivity index (χ4v) is 6.44. The second-order valence-electron chi connectivity index (χ2n) is 9.83. The minimum Gasteiger partial charge on any atom is -0.340 e. The van der Waals surface area contributed by atoms with Crippen molar-refractivity contribution < 1.29 is 27.6 Å². The summed E-state index contributed by atoms with van der Waals surface area (Å²) >= 11 is 0. The molecule has 3 heterocycles. The van der Waals surface area contributed by atoms with E-state index < -0.39 is 57.4 Å². The van der Waals surface area contributed by atoms with Crippen molar-refractivity contribution in [3.05, 3.63) is 72.1 Å². The molecule has 2 aliphatic heterocycles. The molecule has 0 radical (unpaired) electrons. The van der Waals surface area contributed by atoms with Crippen molar-refractivity contribution in [2.24, 2.45) is 5.92 Å². The Morgan fingerprint density at radius 1 is 1.16 bits per heavy atom. The monoisotopic (exact) mass is 538 g/mol. The number of sulfonamides is 1. The summed E-state index contributed by atoms with van der Waals surface area (Å²) < 4.78 is 27.2. The first-order chi connectivity index (χ1) is 18.0. The smallest absolute Gasteiger partial charge is 0.310 e. The quantitative estimate of drug-likeness (QED) is 0.543. The third kappa shape index (κ3) is 5.30. The Labute approximate surface area is 221 Å². The van der Waals surface area contributed by atoms with Gasteiger partial charge in [0.1, 0.15) is 17.8 Å². The van der Waals surface area contributed by atoms with E-state index >= 15 is 0 Å². The number of benzene rings is 1. The van der Waals surface area contributed by atoms with Gasteiger partial charge in [0.05, 0.1) is 12.6 Å². The molecule has 1 aromatic heterocycles. The maximum absolute atomic E-state index is 13.6. The first kappa shape index (κ1) is 27.3. The summed E-state index contributed by atoms with van der Waals surface area (Å²) in [6, 6.07) is 8.32. The average molecular weight is 539 g/mol. The zero-order valence-corrected chi connectivity index (χ0v) is 22.1.